The molecule has 2 rings (SSSR count). The van der Waals surface area contributed by atoms with Crippen molar-refractivity contribution < 1.29 is 9.53 Å². The van der Waals surface area contributed by atoms with E-state index in [1.54, 1.807) is 18.2 Å². The Morgan fingerprint density at radius 2 is 2.18 bits per heavy atom. The highest BCUT2D eigenvalue weighted by molar-refractivity contribution is 6.99. The number of hydrogen-bond donors (Lipinski definition) is 2. The largest absolute Gasteiger partial charge is 0.411 e. The van der Waals surface area contributed by atoms with E-state index in [2.05, 4.69) is 8.75 Å². The number of carbonyl (C=O) groups excluding carboxylic acids is 1. The Hall–Kier alpha value is -1.86. The molecule has 0 aliphatic rings. The molecule has 17 heavy (non-hydrogen) atoms. The second-order valence-electron chi connectivity index (χ2n) is 3.08. The summed E-state index contributed by atoms with van der Waals surface area (Å²) in [7, 11) is 0. The SMILES string of the molecule is NC(=O)Oc1nsnc1-c1cc(N)ccc1Cl. The number of amides is 1. The number of primary amides is 1. The summed E-state index contributed by atoms with van der Waals surface area (Å²) in [5, 5.41) is 0.432. The number of ether oxygens (including phenoxy) is 1. The second kappa shape index (κ2) is 4.56. The van der Waals surface area contributed by atoms with Gasteiger partial charge < -0.3 is 16.2 Å². The first-order valence-electron chi connectivity index (χ1n) is 4.43. The average Bonchev–Trinajstić information content (AvgIpc) is 2.69. The van der Waals surface area contributed by atoms with Crippen LogP contribution in [-0.2, 0) is 0 Å². The van der Waals surface area contributed by atoms with Crippen LogP contribution in [0.1, 0.15) is 0 Å². The number of nitrogen functional groups attached to an aromatic ring is 1. The number of anilines is 1. The number of nitrogens with zero attached hydrogens (tertiary/aromatic N) is 2. The van der Waals surface area contributed by atoms with Gasteiger partial charge in [-0.2, -0.15) is 4.37 Å². The standard InChI is InChI=1S/C9H7ClN4O2S/c10-6-2-1-4(11)3-5(6)7-8(14-17-13-7)16-9(12)15/h1-3H,11H2,(H2,12,15). The fraction of sp³-hybridized carbons (Fsp3) is 0. The van der Waals surface area contributed by atoms with Crippen LogP contribution in [-0.4, -0.2) is 14.8 Å². The van der Waals surface area contributed by atoms with Crippen LogP contribution in [0.2, 0.25) is 5.02 Å². The van der Waals surface area contributed by atoms with Gasteiger partial charge in [0.1, 0.15) is 5.69 Å². The third kappa shape index (κ3) is 2.45. The van der Waals surface area contributed by atoms with Gasteiger partial charge >= 0.3 is 6.09 Å². The highest BCUT2D eigenvalue weighted by atomic mass is 35.5. The van der Waals surface area contributed by atoms with Gasteiger partial charge in [0, 0.05) is 11.3 Å². The topological polar surface area (TPSA) is 104 Å². The lowest BCUT2D eigenvalue weighted by Gasteiger charge is -2.03. The maximum Gasteiger partial charge on any atom is 0.411 e. The third-order valence-electron chi connectivity index (χ3n) is 1.90. The number of hydrogen-bond acceptors (Lipinski definition) is 6. The zero-order valence-corrected chi connectivity index (χ0v) is 9.96. The number of carbonyl (C=O) groups is 1. The average molecular weight is 271 g/mol. The molecule has 1 aromatic carbocycles. The molecular weight excluding hydrogens is 264 g/mol. The zero-order valence-electron chi connectivity index (χ0n) is 8.38. The van der Waals surface area contributed by atoms with Gasteiger partial charge in [-0.1, -0.05) is 11.6 Å². The lowest BCUT2D eigenvalue weighted by molar-refractivity contribution is 0.209. The molecule has 0 radical (unpaired) electrons. The van der Waals surface area contributed by atoms with Gasteiger partial charge in [-0.3, -0.25) is 0 Å². The predicted molar refractivity (Wildman–Crippen MR) is 65.0 cm³/mol. The highest BCUT2D eigenvalue weighted by Gasteiger charge is 2.16. The predicted octanol–water partition coefficient (Wildman–Crippen LogP) is 1.90. The molecule has 0 fully saturated rings. The van der Waals surface area contributed by atoms with Crippen molar-refractivity contribution >= 4 is 35.1 Å². The molecule has 0 atom stereocenters. The minimum atomic E-state index is -0.959. The quantitative estimate of drug-likeness (QED) is 0.811. The lowest BCUT2D eigenvalue weighted by Crippen LogP contribution is -2.16. The van der Waals surface area contributed by atoms with Crippen LogP contribution in [0.15, 0.2) is 18.2 Å². The third-order valence-corrected chi connectivity index (χ3v) is 2.74. The Labute approximate surface area is 105 Å². The molecule has 1 heterocycles. The van der Waals surface area contributed by atoms with Crippen LogP contribution in [0.4, 0.5) is 10.5 Å². The summed E-state index contributed by atoms with van der Waals surface area (Å²) in [4.78, 5) is 10.7. The molecule has 1 aromatic heterocycles. The highest BCUT2D eigenvalue weighted by Crippen LogP contribution is 2.34. The summed E-state index contributed by atoms with van der Waals surface area (Å²) in [5.74, 6) is 0.0231. The van der Waals surface area contributed by atoms with E-state index < -0.39 is 6.09 Å². The number of benzene rings is 1. The number of halogens is 1. The number of nitrogens with two attached hydrogens (primary N) is 2. The zero-order chi connectivity index (χ0) is 12.4. The van der Waals surface area contributed by atoms with Crippen molar-refractivity contribution in [2.24, 2.45) is 5.73 Å². The van der Waals surface area contributed by atoms with Crippen molar-refractivity contribution in [2.75, 3.05) is 5.73 Å². The van der Waals surface area contributed by atoms with E-state index in [1.807, 2.05) is 0 Å². The molecule has 0 spiro atoms. The molecule has 0 bridgehead atoms. The van der Waals surface area contributed by atoms with E-state index in [4.69, 9.17) is 27.8 Å². The summed E-state index contributed by atoms with van der Waals surface area (Å²) < 4.78 is 12.5. The van der Waals surface area contributed by atoms with E-state index in [0.29, 0.717) is 22.0 Å². The summed E-state index contributed by atoms with van der Waals surface area (Å²) >= 11 is 6.89. The minimum Gasteiger partial charge on any atom is -0.399 e. The maximum atomic E-state index is 10.7. The monoisotopic (exact) mass is 270 g/mol. The molecule has 0 aliphatic heterocycles. The van der Waals surface area contributed by atoms with Gasteiger partial charge in [0.15, 0.2) is 0 Å². The first-order chi connectivity index (χ1) is 8.08. The molecule has 6 nitrogen and oxygen atoms in total. The molecule has 1 amide bonds. The van der Waals surface area contributed by atoms with Crippen LogP contribution in [0.3, 0.4) is 0 Å². The van der Waals surface area contributed by atoms with E-state index in [1.165, 1.54) is 0 Å². The van der Waals surface area contributed by atoms with E-state index >= 15 is 0 Å². The fourth-order valence-corrected chi connectivity index (χ4v) is 1.94. The Morgan fingerprint density at radius 1 is 1.41 bits per heavy atom. The van der Waals surface area contributed by atoms with Crippen LogP contribution in [0.25, 0.3) is 11.3 Å². The van der Waals surface area contributed by atoms with Crippen molar-refractivity contribution in [3.05, 3.63) is 23.2 Å². The Kier molecular flexibility index (Phi) is 3.12. The van der Waals surface area contributed by atoms with Crippen molar-refractivity contribution in [2.45, 2.75) is 0 Å². The molecule has 8 heteroatoms. The molecule has 0 saturated carbocycles. The molecular formula is C9H7ClN4O2S. The molecule has 88 valence electrons. The second-order valence-corrected chi connectivity index (χ2v) is 4.01. The van der Waals surface area contributed by atoms with Gasteiger partial charge in [-0.15, -0.1) is 4.37 Å². The number of rotatable bonds is 2. The Balaban J connectivity index is 2.49. The van der Waals surface area contributed by atoms with Crippen LogP contribution in [0, 0.1) is 0 Å². The molecule has 0 unspecified atom stereocenters. The Bertz CT molecular complexity index is 572. The Morgan fingerprint density at radius 3 is 2.88 bits per heavy atom. The van der Waals surface area contributed by atoms with Crippen molar-refractivity contribution in [3.63, 3.8) is 0 Å². The van der Waals surface area contributed by atoms with Gasteiger partial charge in [0.05, 0.1) is 16.8 Å². The lowest BCUT2D eigenvalue weighted by atomic mass is 10.1. The summed E-state index contributed by atoms with van der Waals surface area (Å²) in [6, 6.07) is 4.90. The number of aromatic nitrogens is 2. The minimum absolute atomic E-state index is 0.0231. The summed E-state index contributed by atoms with van der Waals surface area (Å²) in [6.07, 6.45) is -0.959. The molecule has 4 N–H and O–H groups in total. The first kappa shape index (κ1) is 11.6. The van der Waals surface area contributed by atoms with E-state index in [9.17, 15) is 4.79 Å². The van der Waals surface area contributed by atoms with E-state index in [-0.39, 0.29) is 5.88 Å². The fourth-order valence-electron chi connectivity index (χ4n) is 1.23. The molecule has 2 aromatic rings. The van der Waals surface area contributed by atoms with E-state index in [0.717, 1.165) is 11.7 Å². The van der Waals surface area contributed by atoms with Crippen LogP contribution in [0.5, 0.6) is 5.88 Å². The normalized spacial score (nSPS) is 10.2. The maximum absolute atomic E-state index is 10.7. The van der Waals surface area contributed by atoms with Crippen molar-refractivity contribution in [1.29, 1.82) is 0 Å². The summed E-state index contributed by atoms with van der Waals surface area (Å²) in [6.45, 7) is 0. The van der Waals surface area contributed by atoms with Gasteiger partial charge in [-0.05, 0) is 18.2 Å². The first-order valence-corrected chi connectivity index (χ1v) is 5.54. The smallest absolute Gasteiger partial charge is 0.399 e. The van der Waals surface area contributed by atoms with Gasteiger partial charge in [0.25, 0.3) is 5.88 Å². The summed E-state index contributed by atoms with van der Waals surface area (Å²) in [5.41, 5.74) is 12.0. The van der Waals surface area contributed by atoms with Gasteiger partial charge in [0.2, 0.25) is 0 Å². The molecule has 0 aliphatic carbocycles. The van der Waals surface area contributed by atoms with Crippen LogP contribution < -0.4 is 16.2 Å². The van der Waals surface area contributed by atoms with Crippen molar-refractivity contribution in [3.8, 4) is 17.1 Å². The molecule has 0 saturated heterocycles. The van der Waals surface area contributed by atoms with Crippen LogP contribution >= 0.6 is 23.3 Å². The van der Waals surface area contributed by atoms with Crippen molar-refractivity contribution in [1.82, 2.24) is 8.75 Å². The van der Waals surface area contributed by atoms with Gasteiger partial charge in [-0.25, -0.2) is 4.79 Å².